The lowest BCUT2D eigenvalue weighted by Crippen LogP contribution is -2.35. The first-order valence-corrected chi connectivity index (χ1v) is 10.2. The van der Waals surface area contributed by atoms with E-state index in [1.807, 2.05) is 50.5 Å². The summed E-state index contributed by atoms with van der Waals surface area (Å²) in [5, 5.41) is 10.7. The van der Waals surface area contributed by atoms with E-state index in [1.165, 1.54) is 11.1 Å². The number of rotatable bonds is 9. The Balaban J connectivity index is 1.67. The molecular formula is C25H31N3O2. The minimum Gasteiger partial charge on any atom is -0.491 e. The second kappa shape index (κ2) is 10.1. The van der Waals surface area contributed by atoms with E-state index in [9.17, 15) is 5.11 Å². The topological polar surface area (TPSA) is 48.8 Å². The highest BCUT2D eigenvalue weighted by molar-refractivity contribution is 5.47. The molecule has 0 saturated carbocycles. The van der Waals surface area contributed by atoms with Crippen LogP contribution in [-0.2, 0) is 6.54 Å². The van der Waals surface area contributed by atoms with E-state index in [2.05, 4.69) is 52.9 Å². The van der Waals surface area contributed by atoms with E-state index < -0.39 is 6.10 Å². The standard InChI is InChI=1S/C25H31N3O2/c1-19-8-13-24(15-20(19)2)30-18-23(29)17-28(25-7-5-6-14-26-25)16-21-9-11-22(12-10-21)27(3)4/h5-15,23,29H,16-18H2,1-4H3. The van der Waals surface area contributed by atoms with Crippen LogP contribution in [0.5, 0.6) is 5.75 Å². The Morgan fingerprint density at radius 3 is 2.37 bits per heavy atom. The summed E-state index contributed by atoms with van der Waals surface area (Å²) in [4.78, 5) is 8.64. The van der Waals surface area contributed by atoms with Gasteiger partial charge in [0.2, 0.25) is 0 Å². The molecular weight excluding hydrogens is 374 g/mol. The number of aromatic nitrogens is 1. The van der Waals surface area contributed by atoms with Gasteiger partial charge in [-0.25, -0.2) is 4.98 Å². The number of benzene rings is 2. The molecule has 0 amide bonds. The van der Waals surface area contributed by atoms with Crippen LogP contribution in [0.25, 0.3) is 0 Å². The first-order valence-electron chi connectivity index (χ1n) is 10.2. The Labute approximate surface area is 179 Å². The third-order valence-corrected chi connectivity index (χ3v) is 5.15. The van der Waals surface area contributed by atoms with Gasteiger partial charge in [0.15, 0.2) is 0 Å². The summed E-state index contributed by atoms with van der Waals surface area (Å²) in [6.07, 6.45) is 1.13. The van der Waals surface area contributed by atoms with Gasteiger partial charge in [0, 0.05) is 39.1 Å². The fourth-order valence-electron chi connectivity index (χ4n) is 3.20. The number of nitrogens with zero attached hydrogens (tertiary/aromatic N) is 3. The van der Waals surface area contributed by atoms with Gasteiger partial charge < -0.3 is 19.6 Å². The SMILES string of the molecule is Cc1ccc(OCC(O)CN(Cc2ccc(N(C)C)cc2)c2ccccn2)cc1C. The molecule has 0 radical (unpaired) electrons. The van der Waals surface area contributed by atoms with Crippen LogP contribution in [0.2, 0.25) is 0 Å². The number of hydrogen-bond donors (Lipinski definition) is 1. The largest absolute Gasteiger partial charge is 0.491 e. The molecule has 158 valence electrons. The van der Waals surface area contributed by atoms with Gasteiger partial charge in [-0.1, -0.05) is 24.3 Å². The fourth-order valence-corrected chi connectivity index (χ4v) is 3.20. The lowest BCUT2D eigenvalue weighted by atomic mass is 10.1. The van der Waals surface area contributed by atoms with Gasteiger partial charge in [-0.3, -0.25) is 0 Å². The summed E-state index contributed by atoms with van der Waals surface area (Å²) in [6.45, 7) is 5.45. The van der Waals surface area contributed by atoms with Crippen LogP contribution >= 0.6 is 0 Å². The van der Waals surface area contributed by atoms with Gasteiger partial charge in [-0.15, -0.1) is 0 Å². The maximum Gasteiger partial charge on any atom is 0.128 e. The molecule has 0 aliphatic carbocycles. The lowest BCUT2D eigenvalue weighted by Gasteiger charge is -2.27. The van der Waals surface area contributed by atoms with Crippen molar-refractivity contribution in [2.45, 2.75) is 26.5 Å². The molecule has 1 unspecified atom stereocenters. The minimum absolute atomic E-state index is 0.228. The summed E-state index contributed by atoms with van der Waals surface area (Å²) in [7, 11) is 4.06. The van der Waals surface area contributed by atoms with Crippen LogP contribution in [0.4, 0.5) is 11.5 Å². The number of aliphatic hydroxyl groups is 1. The van der Waals surface area contributed by atoms with E-state index >= 15 is 0 Å². The second-order valence-corrected chi connectivity index (χ2v) is 7.84. The van der Waals surface area contributed by atoms with Crippen molar-refractivity contribution in [3.63, 3.8) is 0 Å². The van der Waals surface area contributed by atoms with Crippen molar-refractivity contribution in [2.24, 2.45) is 0 Å². The normalized spacial score (nSPS) is 11.8. The van der Waals surface area contributed by atoms with Crippen LogP contribution in [-0.4, -0.2) is 43.4 Å². The maximum absolute atomic E-state index is 10.7. The Morgan fingerprint density at radius 1 is 0.967 bits per heavy atom. The molecule has 0 bridgehead atoms. The smallest absolute Gasteiger partial charge is 0.128 e. The molecule has 1 heterocycles. The molecule has 5 heteroatoms. The molecule has 2 aromatic carbocycles. The Hall–Kier alpha value is -3.05. The zero-order chi connectivity index (χ0) is 21.5. The van der Waals surface area contributed by atoms with Crippen molar-refractivity contribution >= 4 is 11.5 Å². The Kier molecular flexibility index (Phi) is 7.31. The number of hydrogen-bond acceptors (Lipinski definition) is 5. The highest BCUT2D eigenvalue weighted by atomic mass is 16.5. The zero-order valence-corrected chi connectivity index (χ0v) is 18.2. The third kappa shape index (κ3) is 5.97. The van der Waals surface area contributed by atoms with Gasteiger partial charge in [-0.05, 0) is 66.9 Å². The monoisotopic (exact) mass is 405 g/mol. The molecule has 0 spiro atoms. The Morgan fingerprint density at radius 2 is 1.73 bits per heavy atom. The molecule has 5 nitrogen and oxygen atoms in total. The van der Waals surface area contributed by atoms with Gasteiger partial charge >= 0.3 is 0 Å². The maximum atomic E-state index is 10.7. The van der Waals surface area contributed by atoms with Crippen molar-refractivity contribution in [1.29, 1.82) is 0 Å². The predicted octanol–water partition coefficient (Wildman–Crippen LogP) is 4.21. The second-order valence-electron chi connectivity index (χ2n) is 7.84. The summed E-state index contributed by atoms with van der Waals surface area (Å²) in [6, 6.07) is 20.2. The van der Waals surface area contributed by atoms with Crippen LogP contribution in [0, 0.1) is 13.8 Å². The quantitative estimate of drug-likeness (QED) is 0.578. The summed E-state index contributed by atoms with van der Waals surface area (Å²) in [5.74, 6) is 1.61. The summed E-state index contributed by atoms with van der Waals surface area (Å²) >= 11 is 0. The third-order valence-electron chi connectivity index (χ3n) is 5.15. The molecule has 0 aliphatic heterocycles. The average molecular weight is 406 g/mol. The number of aliphatic hydroxyl groups excluding tert-OH is 1. The van der Waals surface area contributed by atoms with Gasteiger partial charge in [0.05, 0.1) is 0 Å². The summed E-state index contributed by atoms with van der Waals surface area (Å²) < 4.78 is 5.83. The van der Waals surface area contributed by atoms with E-state index in [0.29, 0.717) is 13.1 Å². The average Bonchev–Trinajstić information content (AvgIpc) is 2.75. The first-order chi connectivity index (χ1) is 14.4. The van der Waals surface area contributed by atoms with Crippen molar-refractivity contribution in [2.75, 3.05) is 37.0 Å². The van der Waals surface area contributed by atoms with Crippen LogP contribution in [0.15, 0.2) is 66.9 Å². The van der Waals surface area contributed by atoms with Crippen LogP contribution in [0.1, 0.15) is 16.7 Å². The molecule has 3 aromatic rings. The van der Waals surface area contributed by atoms with Crippen LogP contribution < -0.4 is 14.5 Å². The first kappa shape index (κ1) is 21.7. The summed E-state index contributed by atoms with van der Waals surface area (Å²) in [5.41, 5.74) is 4.72. The van der Waals surface area contributed by atoms with Crippen molar-refractivity contribution < 1.29 is 9.84 Å². The molecule has 1 aromatic heterocycles. The molecule has 3 rings (SSSR count). The highest BCUT2D eigenvalue weighted by Crippen LogP contribution is 2.19. The van der Waals surface area contributed by atoms with E-state index in [0.717, 1.165) is 22.8 Å². The molecule has 0 saturated heterocycles. The minimum atomic E-state index is -0.644. The van der Waals surface area contributed by atoms with E-state index in [4.69, 9.17) is 4.74 Å². The molecule has 0 aliphatic rings. The van der Waals surface area contributed by atoms with E-state index in [-0.39, 0.29) is 6.61 Å². The van der Waals surface area contributed by atoms with Crippen molar-refractivity contribution in [3.8, 4) is 5.75 Å². The zero-order valence-electron chi connectivity index (χ0n) is 18.2. The van der Waals surface area contributed by atoms with Gasteiger partial charge in [0.25, 0.3) is 0 Å². The molecule has 1 N–H and O–H groups in total. The molecule has 1 atom stereocenters. The molecule has 0 fully saturated rings. The van der Waals surface area contributed by atoms with Gasteiger partial charge in [0.1, 0.15) is 24.3 Å². The fraction of sp³-hybridized carbons (Fsp3) is 0.320. The Bertz CT molecular complexity index is 927. The van der Waals surface area contributed by atoms with Gasteiger partial charge in [-0.2, -0.15) is 0 Å². The number of ether oxygens (including phenoxy) is 1. The van der Waals surface area contributed by atoms with Crippen molar-refractivity contribution in [3.05, 3.63) is 83.6 Å². The number of aryl methyl sites for hydroxylation is 2. The predicted molar refractivity (Wildman–Crippen MR) is 123 cm³/mol. The highest BCUT2D eigenvalue weighted by Gasteiger charge is 2.15. The molecule has 30 heavy (non-hydrogen) atoms. The van der Waals surface area contributed by atoms with E-state index in [1.54, 1.807) is 6.20 Å². The lowest BCUT2D eigenvalue weighted by molar-refractivity contribution is 0.111. The number of pyridine rings is 1. The number of anilines is 2. The van der Waals surface area contributed by atoms with Crippen LogP contribution in [0.3, 0.4) is 0 Å². The van der Waals surface area contributed by atoms with Crippen molar-refractivity contribution in [1.82, 2.24) is 4.98 Å².